The Morgan fingerprint density at radius 2 is 1.34 bits per heavy atom. The fraction of sp³-hybridized carbons (Fsp3) is 0.0667. The van der Waals surface area contributed by atoms with Crippen LogP contribution in [-0.2, 0) is 4.74 Å². The van der Waals surface area contributed by atoms with Crippen molar-refractivity contribution in [2.24, 2.45) is 0 Å². The van der Waals surface area contributed by atoms with E-state index in [1.807, 2.05) is 0 Å². The van der Waals surface area contributed by atoms with Gasteiger partial charge in [0.15, 0.2) is 6.10 Å². The first-order valence-electron chi connectivity index (χ1n) is 11.9. The van der Waals surface area contributed by atoms with E-state index in [9.17, 15) is 19.2 Å². The van der Waals surface area contributed by atoms with Crippen LogP contribution in [0.25, 0.3) is 0 Å². The number of ketones is 1. The highest BCUT2D eigenvalue weighted by Gasteiger charge is 2.39. The number of rotatable bonds is 7. The van der Waals surface area contributed by atoms with Crippen LogP contribution in [0.2, 0.25) is 20.1 Å². The highest BCUT2D eigenvalue weighted by molar-refractivity contribution is 6.45. The number of methoxy groups -OCH3 is 1. The number of halogens is 4. The lowest BCUT2D eigenvalue weighted by molar-refractivity contribution is 0.0277. The van der Waals surface area contributed by atoms with E-state index in [0.29, 0.717) is 10.6 Å². The highest BCUT2D eigenvalue weighted by atomic mass is 35.5. The van der Waals surface area contributed by atoms with Crippen LogP contribution >= 0.6 is 46.4 Å². The molecule has 0 radical (unpaired) electrons. The van der Waals surface area contributed by atoms with Crippen LogP contribution in [0.1, 0.15) is 53.1 Å². The summed E-state index contributed by atoms with van der Waals surface area (Å²) >= 11 is 24.6. The van der Waals surface area contributed by atoms with Gasteiger partial charge in [-0.2, -0.15) is 0 Å². The number of hydrogen-bond acceptors (Lipinski definition) is 6. The van der Waals surface area contributed by atoms with Gasteiger partial charge >= 0.3 is 5.97 Å². The van der Waals surface area contributed by atoms with Gasteiger partial charge in [-0.15, -0.1) is 0 Å². The van der Waals surface area contributed by atoms with E-state index in [0.717, 1.165) is 4.90 Å². The number of benzene rings is 4. The first kappa shape index (κ1) is 28.6. The van der Waals surface area contributed by atoms with Crippen molar-refractivity contribution in [2.75, 3.05) is 12.0 Å². The maximum atomic E-state index is 13.5. The Labute approximate surface area is 254 Å². The van der Waals surface area contributed by atoms with Gasteiger partial charge in [0.25, 0.3) is 11.8 Å². The predicted molar refractivity (Wildman–Crippen MR) is 156 cm³/mol. The molecule has 0 spiro atoms. The maximum absolute atomic E-state index is 13.5. The van der Waals surface area contributed by atoms with E-state index in [-0.39, 0.29) is 48.8 Å². The number of nitrogens with zero attached hydrogens (tertiary/aromatic N) is 1. The Hall–Kier alpha value is -3.88. The molecule has 41 heavy (non-hydrogen) atoms. The molecule has 0 aliphatic carbocycles. The number of Topliss-reactive ketones (excluding diaryl/α,β-unsaturated/α-hetero) is 1. The molecular weight excluding hydrogens is 612 g/mol. The van der Waals surface area contributed by atoms with Crippen molar-refractivity contribution in [3.05, 3.63) is 127 Å². The van der Waals surface area contributed by atoms with Crippen molar-refractivity contribution < 1.29 is 28.7 Å². The molecule has 11 heteroatoms. The molecule has 1 aliphatic heterocycles. The van der Waals surface area contributed by atoms with Gasteiger partial charge in [-0.25, -0.2) is 9.69 Å². The third-order valence-electron chi connectivity index (χ3n) is 6.35. The van der Waals surface area contributed by atoms with E-state index in [1.54, 1.807) is 42.5 Å². The second-order valence-corrected chi connectivity index (χ2v) is 10.5. The molecule has 1 heterocycles. The van der Waals surface area contributed by atoms with Gasteiger partial charge in [0.2, 0.25) is 5.78 Å². The summed E-state index contributed by atoms with van der Waals surface area (Å²) in [6.07, 6.45) is -1.31. The first-order valence-corrected chi connectivity index (χ1v) is 13.4. The first-order chi connectivity index (χ1) is 19.6. The average Bonchev–Trinajstić information content (AvgIpc) is 3.20. The molecule has 1 atom stereocenters. The standard InChI is InChI=1S/C30H17Cl4NO6/c1-40-25-14-24(35-28(37)18-11-21(32)22(33)12-19(18)29(35)38)23(34)13-20(25)30(39)41-27(16-5-3-2-4-6-16)26(36)15-7-9-17(31)10-8-15/h2-14,27H,1H3/t27-/m1/s1. The Balaban J connectivity index is 1.50. The molecule has 0 saturated heterocycles. The smallest absolute Gasteiger partial charge is 0.343 e. The number of ether oxygens (including phenoxy) is 2. The summed E-state index contributed by atoms with van der Waals surface area (Å²) < 4.78 is 11.1. The van der Waals surface area contributed by atoms with E-state index in [4.69, 9.17) is 55.9 Å². The van der Waals surface area contributed by atoms with Crippen LogP contribution < -0.4 is 9.64 Å². The topological polar surface area (TPSA) is 90.0 Å². The molecule has 0 unspecified atom stereocenters. The van der Waals surface area contributed by atoms with Crippen LogP contribution in [0.15, 0.2) is 78.9 Å². The second kappa shape index (κ2) is 11.5. The van der Waals surface area contributed by atoms with Crippen LogP contribution in [0.3, 0.4) is 0 Å². The number of esters is 1. The van der Waals surface area contributed by atoms with Crippen molar-refractivity contribution in [2.45, 2.75) is 6.10 Å². The van der Waals surface area contributed by atoms with E-state index < -0.39 is 29.7 Å². The summed E-state index contributed by atoms with van der Waals surface area (Å²) in [6.45, 7) is 0. The molecule has 2 amide bonds. The molecule has 206 valence electrons. The highest BCUT2D eigenvalue weighted by Crippen LogP contribution is 2.40. The molecule has 5 rings (SSSR count). The van der Waals surface area contributed by atoms with Gasteiger partial charge < -0.3 is 9.47 Å². The third kappa shape index (κ3) is 5.42. The number of carbonyl (C=O) groups excluding carboxylic acids is 4. The van der Waals surface area contributed by atoms with Gasteiger partial charge in [-0.1, -0.05) is 76.7 Å². The minimum atomic E-state index is -1.31. The molecule has 1 aliphatic rings. The zero-order chi connectivity index (χ0) is 29.4. The van der Waals surface area contributed by atoms with Crippen molar-refractivity contribution in [3.8, 4) is 5.75 Å². The lowest BCUT2D eigenvalue weighted by atomic mass is 9.99. The van der Waals surface area contributed by atoms with Gasteiger partial charge in [-0.05, 0) is 42.5 Å². The number of amides is 2. The normalized spacial score (nSPS) is 13.1. The van der Waals surface area contributed by atoms with Gasteiger partial charge in [0.1, 0.15) is 11.3 Å². The number of carbonyl (C=O) groups is 4. The number of anilines is 1. The summed E-state index contributed by atoms with van der Waals surface area (Å²) in [5, 5.41) is 0.538. The Morgan fingerprint density at radius 1 is 0.756 bits per heavy atom. The lowest BCUT2D eigenvalue weighted by Gasteiger charge is -2.20. The Morgan fingerprint density at radius 3 is 1.90 bits per heavy atom. The Kier molecular flexibility index (Phi) is 8.07. The fourth-order valence-corrected chi connectivity index (χ4v) is 5.03. The molecule has 0 aromatic heterocycles. The minimum Gasteiger partial charge on any atom is -0.496 e. The monoisotopic (exact) mass is 627 g/mol. The second-order valence-electron chi connectivity index (χ2n) is 8.83. The number of imide groups is 1. The molecule has 7 nitrogen and oxygen atoms in total. The molecule has 0 saturated carbocycles. The molecule has 0 bridgehead atoms. The zero-order valence-electron chi connectivity index (χ0n) is 21.0. The lowest BCUT2D eigenvalue weighted by Crippen LogP contribution is -2.30. The third-order valence-corrected chi connectivity index (χ3v) is 7.63. The molecule has 0 N–H and O–H groups in total. The molecular formula is C30H17Cl4NO6. The van der Waals surface area contributed by atoms with Crippen molar-refractivity contribution >= 4 is 75.7 Å². The molecule has 4 aromatic carbocycles. The van der Waals surface area contributed by atoms with Gasteiger partial charge in [-0.3, -0.25) is 14.4 Å². The summed E-state index contributed by atoms with van der Waals surface area (Å²) in [7, 11) is 1.29. The largest absolute Gasteiger partial charge is 0.496 e. The fourth-order valence-electron chi connectivity index (χ4n) is 4.33. The number of fused-ring (bicyclic) bond motifs is 1. The SMILES string of the molecule is COc1cc(N2C(=O)c3cc(Cl)c(Cl)cc3C2=O)c(Cl)cc1C(=O)O[C@@H](C(=O)c1ccc(Cl)cc1)c1ccccc1. The summed E-state index contributed by atoms with van der Waals surface area (Å²) in [6, 6.07) is 19.7. The summed E-state index contributed by atoms with van der Waals surface area (Å²) in [5.41, 5.74) is 0.654. The van der Waals surface area contributed by atoms with Gasteiger partial charge in [0, 0.05) is 22.2 Å². The quantitative estimate of drug-likeness (QED) is 0.117. The van der Waals surface area contributed by atoms with Crippen molar-refractivity contribution in [3.63, 3.8) is 0 Å². The van der Waals surface area contributed by atoms with E-state index in [2.05, 4.69) is 0 Å². The van der Waals surface area contributed by atoms with E-state index >= 15 is 0 Å². The Bertz CT molecular complexity index is 1680. The maximum Gasteiger partial charge on any atom is 0.343 e. The summed E-state index contributed by atoms with van der Waals surface area (Å²) in [4.78, 5) is 54.0. The minimum absolute atomic E-state index is 0.0321. The zero-order valence-corrected chi connectivity index (χ0v) is 24.0. The molecule has 4 aromatic rings. The van der Waals surface area contributed by atoms with Crippen LogP contribution in [-0.4, -0.2) is 30.7 Å². The van der Waals surface area contributed by atoms with Crippen molar-refractivity contribution in [1.29, 1.82) is 0 Å². The van der Waals surface area contributed by atoms with Crippen LogP contribution in [0.5, 0.6) is 5.75 Å². The summed E-state index contributed by atoms with van der Waals surface area (Å²) in [5.74, 6) is -2.81. The average molecular weight is 629 g/mol. The van der Waals surface area contributed by atoms with Crippen LogP contribution in [0, 0.1) is 0 Å². The predicted octanol–water partition coefficient (Wildman–Crippen LogP) is 7.89. The van der Waals surface area contributed by atoms with Crippen molar-refractivity contribution in [1.82, 2.24) is 0 Å². The number of hydrogen-bond donors (Lipinski definition) is 0. The molecule has 0 fully saturated rings. The van der Waals surface area contributed by atoms with Crippen LogP contribution in [0.4, 0.5) is 5.69 Å². The van der Waals surface area contributed by atoms with E-state index in [1.165, 1.54) is 43.5 Å². The van der Waals surface area contributed by atoms with Gasteiger partial charge in [0.05, 0.1) is 39.0 Å².